The molecule has 0 saturated carbocycles. The van der Waals surface area contributed by atoms with E-state index in [-0.39, 0.29) is 0 Å². The minimum absolute atomic E-state index is 0.518. The largest absolute Gasteiger partial charge is 0.395 e. The van der Waals surface area contributed by atoms with Crippen LogP contribution in [-0.4, -0.2) is 50.2 Å². The molecule has 0 rings (SSSR count). The first-order valence-electron chi connectivity index (χ1n) is 3.23. The molecule has 0 aromatic heterocycles. The van der Waals surface area contributed by atoms with Gasteiger partial charge in [-0.1, -0.05) is 0 Å². The van der Waals surface area contributed by atoms with Gasteiger partial charge in [0.1, 0.15) is 0 Å². The predicted octanol–water partition coefficient (Wildman–Crippen LogP) is -0.495. The third-order valence-electron chi connectivity index (χ3n) is 1.22. The monoisotopic (exact) mass is 203 g/mol. The highest BCUT2D eigenvalue weighted by Gasteiger charge is 2.20. The molecule has 0 heterocycles. The van der Waals surface area contributed by atoms with Gasteiger partial charge in [0.15, 0.2) is 0 Å². The highest BCUT2D eigenvalue weighted by molar-refractivity contribution is 7.89. The van der Waals surface area contributed by atoms with Crippen LogP contribution in [-0.2, 0) is 10.0 Å². The van der Waals surface area contributed by atoms with Crippen LogP contribution in [0.4, 0.5) is 8.78 Å². The summed E-state index contributed by atoms with van der Waals surface area (Å²) in [6.07, 6.45) is -2.69. The van der Waals surface area contributed by atoms with E-state index < -0.39 is 35.4 Å². The van der Waals surface area contributed by atoms with E-state index in [0.29, 0.717) is 4.31 Å². The van der Waals surface area contributed by atoms with Gasteiger partial charge in [-0.25, -0.2) is 17.2 Å². The van der Waals surface area contributed by atoms with Crippen LogP contribution in [0, 0.1) is 0 Å². The van der Waals surface area contributed by atoms with Gasteiger partial charge in [0, 0.05) is 7.05 Å². The molecule has 0 aromatic carbocycles. The number of alkyl halides is 2. The maximum absolute atomic E-state index is 11.7. The molecule has 74 valence electrons. The molecule has 12 heavy (non-hydrogen) atoms. The Bertz CT molecular complexity index is 217. The number of aliphatic hydroxyl groups is 1. The van der Waals surface area contributed by atoms with Crippen LogP contribution in [0.1, 0.15) is 0 Å². The fourth-order valence-electron chi connectivity index (χ4n) is 0.579. The van der Waals surface area contributed by atoms with Gasteiger partial charge in [0.2, 0.25) is 10.0 Å². The summed E-state index contributed by atoms with van der Waals surface area (Å²) in [5.74, 6) is -0.518. The van der Waals surface area contributed by atoms with Gasteiger partial charge in [-0.05, 0) is 0 Å². The molecule has 1 N–H and O–H groups in total. The number of rotatable bonds is 5. The molecule has 0 spiro atoms. The number of nitrogens with zero attached hydrogens (tertiary/aromatic N) is 1. The van der Waals surface area contributed by atoms with Crippen LogP contribution in [0.3, 0.4) is 0 Å². The second-order valence-electron chi connectivity index (χ2n) is 2.21. The topological polar surface area (TPSA) is 57.6 Å². The molecule has 7 heteroatoms. The molecule has 0 atom stereocenters. The zero-order valence-electron chi connectivity index (χ0n) is 6.57. The lowest BCUT2D eigenvalue weighted by atomic mass is 10.7. The molecular formula is C5H11F2NO3S. The fraction of sp³-hybridized carbons (Fsp3) is 1.00. The molecule has 0 bridgehead atoms. The van der Waals surface area contributed by atoms with Gasteiger partial charge in [-0.3, -0.25) is 0 Å². The summed E-state index contributed by atoms with van der Waals surface area (Å²) in [5, 5.41) is 8.29. The lowest BCUT2D eigenvalue weighted by Gasteiger charge is -2.15. The minimum atomic E-state index is -3.70. The summed E-state index contributed by atoms with van der Waals surface area (Å²) in [5.41, 5.74) is 0. The van der Waals surface area contributed by atoms with Gasteiger partial charge < -0.3 is 5.11 Å². The van der Waals surface area contributed by atoms with Crippen LogP contribution in [0.2, 0.25) is 0 Å². The highest BCUT2D eigenvalue weighted by atomic mass is 32.2. The van der Waals surface area contributed by atoms with Crippen molar-refractivity contribution in [2.75, 3.05) is 26.0 Å². The Hall–Kier alpha value is -0.270. The number of halogens is 2. The van der Waals surface area contributed by atoms with E-state index in [1.807, 2.05) is 0 Å². The summed E-state index contributed by atoms with van der Waals surface area (Å²) in [6.45, 7) is -1.39. The Balaban J connectivity index is 4.16. The van der Waals surface area contributed by atoms with Gasteiger partial charge in [0.05, 0.1) is 18.9 Å². The second kappa shape index (κ2) is 4.68. The Kier molecular flexibility index (Phi) is 4.58. The van der Waals surface area contributed by atoms with Gasteiger partial charge in [-0.2, -0.15) is 4.31 Å². The van der Waals surface area contributed by atoms with E-state index >= 15 is 0 Å². The van der Waals surface area contributed by atoms with Crippen LogP contribution >= 0.6 is 0 Å². The SMILES string of the molecule is CN(CC(F)F)S(=O)(=O)CCO. The standard InChI is InChI=1S/C5H11F2NO3S/c1-8(4-5(6)7)12(10,11)3-2-9/h5,9H,2-4H2,1H3. The summed E-state index contributed by atoms with van der Waals surface area (Å²) >= 11 is 0. The molecule has 0 unspecified atom stereocenters. The van der Waals surface area contributed by atoms with E-state index in [0.717, 1.165) is 7.05 Å². The Morgan fingerprint density at radius 1 is 1.50 bits per heavy atom. The van der Waals surface area contributed by atoms with E-state index in [9.17, 15) is 17.2 Å². The first kappa shape index (κ1) is 11.7. The highest BCUT2D eigenvalue weighted by Crippen LogP contribution is 2.02. The molecule has 0 aliphatic carbocycles. The van der Waals surface area contributed by atoms with Crippen LogP contribution in [0.5, 0.6) is 0 Å². The van der Waals surface area contributed by atoms with E-state index in [4.69, 9.17) is 5.11 Å². The normalized spacial score (nSPS) is 12.8. The van der Waals surface area contributed by atoms with Crippen LogP contribution in [0.25, 0.3) is 0 Å². The van der Waals surface area contributed by atoms with Crippen molar-refractivity contribution in [3.8, 4) is 0 Å². The molecule has 0 saturated heterocycles. The Morgan fingerprint density at radius 3 is 2.33 bits per heavy atom. The molecule has 0 aliphatic rings. The second-order valence-corrected chi connectivity index (χ2v) is 4.41. The number of hydrogen-bond acceptors (Lipinski definition) is 3. The molecule has 0 aromatic rings. The lowest BCUT2D eigenvalue weighted by molar-refractivity contribution is 0.126. The average molecular weight is 203 g/mol. The first-order chi connectivity index (χ1) is 5.40. The van der Waals surface area contributed by atoms with Crippen molar-refractivity contribution >= 4 is 10.0 Å². The van der Waals surface area contributed by atoms with Crippen LogP contribution < -0.4 is 0 Å². The van der Waals surface area contributed by atoms with Crippen molar-refractivity contribution in [1.82, 2.24) is 4.31 Å². The maximum Gasteiger partial charge on any atom is 0.252 e. The van der Waals surface area contributed by atoms with E-state index in [1.54, 1.807) is 0 Å². The zero-order valence-corrected chi connectivity index (χ0v) is 7.39. The van der Waals surface area contributed by atoms with Crippen molar-refractivity contribution in [3.05, 3.63) is 0 Å². The molecule has 0 aliphatic heterocycles. The number of aliphatic hydroxyl groups excluding tert-OH is 1. The van der Waals surface area contributed by atoms with Crippen molar-refractivity contribution in [2.24, 2.45) is 0 Å². The van der Waals surface area contributed by atoms with Crippen molar-refractivity contribution in [3.63, 3.8) is 0 Å². The smallest absolute Gasteiger partial charge is 0.252 e. The van der Waals surface area contributed by atoms with E-state index in [1.165, 1.54) is 0 Å². The van der Waals surface area contributed by atoms with Crippen molar-refractivity contribution in [1.29, 1.82) is 0 Å². The zero-order chi connectivity index (χ0) is 9.78. The predicted molar refractivity (Wildman–Crippen MR) is 39.5 cm³/mol. The summed E-state index contributed by atoms with van der Waals surface area (Å²) < 4.78 is 45.7. The third-order valence-corrected chi connectivity index (χ3v) is 3.02. The lowest BCUT2D eigenvalue weighted by Crippen LogP contribution is -2.34. The van der Waals surface area contributed by atoms with Crippen molar-refractivity contribution < 1.29 is 22.3 Å². The number of hydrogen-bond donors (Lipinski definition) is 1. The summed E-state index contributed by atoms with van der Waals surface area (Å²) in [7, 11) is -2.65. The number of sulfonamides is 1. The van der Waals surface area contributed by atoms with Gasteiger partial charge >= 0.3 is 0 Å². The maximum atomic E-state index is 11.7. The fourth-order valence-corrected chi connectivity index (χ4v) is 1.46. The summed E-state index contributed by atoms with van der Waals surface area (Å²) in [4.78, 5) is 0. The Labute approximate surface area is 69.8 Å². The van der Waals surface area contributed by atoms with E-state index in [2.05, 4.69) is 0 Å². The average Bonchev–Trinajstić information content (AvgIpc) is 1.85. The molecular weight excluding hydrogens is 192 g/mol. The van der Waals surface area contributed by atoms with Crippen LogP contribution in [0.15, 0.2) is 0 Å². The minimum Gasteiger partial charge on any atom is -0.395 e. The Morgan fingerprint density at radius 2 is 2.00 bits per heavy atom. The molecule has 0 fully saturated rings. The van der Waals surface area contributed by atoms with Crippen molar-refractivity contribution in [2.45, 2.75) is 6.43 Å². The molecule has 0 amide bonds. The molecule has 0 radical (unpaired) electrons. The van der Waals surface area contributed by atoms with Gasteiger partial charge in [0.25, 0.3) is 6.43 Å². The first-order valence-corrected chi connectivity index (χ1v) is 4.84. The molecule has 4 nitrogen and oxygen atoms in total. The third kappa shape index (κ3) is 3.93. The quantitative estimate of drug-likeness (QED) is 0.655. The summed E-state index contributed by atoms with van der Waals surface area (Å²) in [6, 6.07) is 0. The van der Waals surface area contributed by atoms with Gasteiger partial charge in [-0.15, -0.1) is 0 Å².